The molecule has 0 aliphatic carbocycles. The molecule has 2 aromatic heterocycles. The number of carbonyl (C=O) groups excluding carboxylic acids is 1. The number of rotatable bonds is 5. The molecule has 0 aliphatic rings. The highest BCUT2D eigenvalue weighted by Gasteiger charge is 2.03. The van der Waals surface area contributed by atoms with Gasteiger partial charge in [-0.05, 0) is 24.3 Å². The third-order valence-corrected chi connectivity index (χ3v) is 2.45. The Morgan fingerprint density at radius 3 is 2.79 bits per heavy atom. The van der Waals surface area contributed by atoms with E-state index in [1.807, 2.05) is 6.07 Å². The van der Waals surface area contributed by atoms with Crippen LogP contribution in [-0.2, 0) is 0 Å². The van der Waals surface area contributed by atoms with Crippen LogP contribution in [0.3, 0.4) is 0 Å². The zero-order valence-corrected chi connectivity index (χ0v) is 10.3. The van der Waals surface area contributed by atoms with E-state index in [0.29, 0.717) is 24.5 Å². The van der Waals surface area contributed by atoms with E-state index in [0.717, 1.165) is 5.69 Å². The minimum Gasteiger partial charge on any atom is -0.384 e. The maximum Gasteiger partial charge on any atom is 0.252 e. The van der Waals surface area contributed by atoms with Crippen molar-refractivity contribution in [3.8, 4) is 0 Å². The Kier molecular flexibility index (Phi) is 4.28. The first kappa shape index (κ1) is 12.8. The van der Waals surface area contributed by atoms with E-state index in [4.69, 9.17) is 5.73 Å². The molecule has 0 atom stereocenters. The number of pyridine rings is 2. The fourth-order valence-corrected chi connectivity index (χ4v) is 1.49. The van der Waals surface area contributed by atoms with Crippen LogP contribution < -0.4 is 16.4 Å². The number of nitrogens with one attached hydrogen (secondary N) is 2. The Hall–Kier alpha value is -2.63. The van der Waals surface area contributed by atoms with Gasteiger partial charge < -0.3 is 16.4 Å². The van der Waals surface area contributed by atoms with Crippen LogP contribution in [0.1, 0.15) is 10.4 Å². The zero-order chi connectivity index (χ0) is 13.5. The summed E-state index contributed by atoms with van der Waals surface area (Å²) in [5, 5.41) is 5.92. The molecule has 0 radical (unpaired) electrons. The van der Waals surface area contributed by atoms with E-state index in [2.05, 4.69) is 20.6 Å². The lowest BCUT2D eigenvalue weighted by molar-refractivity contribution is 0.0955. The number of anilines is 2. The van der Waals surface area contributed by atoms with Crippen molar-refractivity contribution in [1.82, 2.24) is 15.3 Å². The number of nitrogens with two attached hydrogens (primary N) is 1. The molecule has 0 unspecified atom stereocenters. The molecule has 0 bridgehead atoms. The standard InChI is InChI=1S/C13H15N5O/c14-12-4-3-11(9-18-12)16-6-7-17-13(19)10-2-1-5-15-8-10/h1-5,8-9,16H,6-7H2,(H2,14,18)(H,17,19). The van der Waals surface area contributed by atoms with E-state index in [9.17, 15) is 4.79 Å². The summed E-state index contributed by atoms with van der Waals surface area (Å²) in [5.74, 6) is 0.348. The summed E-state index contributed by atoms with van der Waals surface area (Å²) >= 11 is 0. The molecule has 2 heterocycles. The fraction of sp³-hybridized carbons (Fsp3) is 0.154. The second-order valence-electron chi connectivity index (χ2n) is 3.90. The molecule has 2 rings (SSSR count). The third kappa shape index (κ3) is 3.95. The number of carbonyl (C=O) groups is 1. The van der Waals surface area contributed by atoms with Crippen LogP contribution in [0.5, 0.6) is 0 Å². The van der Waals surface area contributed by atoms with Gasteiger partial charge >= 0.3 is 0 Å². The Morgan fingerprint density at radius 2 is 2.11 bits per heavy atom. The second kappa shape index (κ2) is 6.34. The fourth-order valence-electron chi connectivity index (χ4n) is 1.49. The molecule has 0 saturated heterocycles. The summed E-state index contributed by atoms with van der Waals surface area (Å²) in [6.45, 7) is 1.12. The summed E-state index contributed by atoms with van der Waals surface area (Å²) in [6, 6.07) is 7.01. The Balaban J connectivity index is 1.72. The first-order valence-electron chi connectivity index (χ1n) is 5.89. The third-order valence-electron chi connectivity index (χ3n) is 2.45. The molecule has 6 nitrogen and oxygen atoms in total. The monoisotopic (exact) mass is 257 g/mol. The average Bonchev–Trinajstić information content (AvgIpc) is 2.46. The maximum absolute atomic E-state index is 11.7. The highest BCUT2D eigenvalue weighted by Crippen LogP contribution is 2.05. The summed E-state index contributed by atoms with van der Waals surface area (Å²) in [4.78, 5) is 19.5. The lowest BCUT2D eigenvalue weighted by Crippen LogP contribution is -2.28. The minimum atomic E-state index is -0.134. The number of nitrogen functional groups attached to an aromatic ring is 1. The molecule has 0 aliphatic heterocycles. The Labute approximate surface area is 111 Å². The van der Waals surface area contributed by atoms with Crippen molar-refractivity contribution in [2.45, 2.75) is 0 Å². The Morgan fingerprint density at radius 1 is 1.21 bits per heavy atom. The van der Waals surface area contributed by atoms with Crippen LogP contribution in [-0.4, -0.2) is 29.0 Å². The van der Waals surface area contributed by atoms with Gasteiger partial charge in [0.1, 0.15) is 5.82 Å². The molecule has 98 valence electrons. The maximum atomic E-state index is 11.7. The van der Waals surface area contributed by atoms with Crippen molar-refractivity contribution in [2.24, 2.45) is 0 Å². The lowest BCUT2D eigenvalue weighted by Gasteiger charge is -2.07. The molecule has 0 saturated carbocycles. The number of hydrogen-bond acceptors (Lipinski definition) is 5. The lowest BCUT2D eigenvalue weighted by atomic mass is 10.3. The van der Waals surface area contributed by atoms with Gasteiger partial charge in [-0.25, -0.2) is 4.98 Å². The first-order chi connectivity index (χ1) is 9.25. The molecule has 2 aromatic rings. The summed E-state index contributed by atoms with van der Waals surface area (Å²) in [5.41, 5.74) is 6.90. The van der Waals surface area contributed by atoms with Crippen molar-refractivity contribution in [3.05, 3.63) is 48.4 Å². The quantitative estimate of drug-likeness (QED) is 0.692. The van der Waals surface area contributed by atoms with Crippen molar-refractivity contribution >= 4 is 17.4 Å². The predicted molar refractivity (Wildman–Crippen MR) is 73.7 cm³/mol. The molecule has 0 aromatic carbocycles. The molecule has 1 amide bonds. The highest BCUT2D eigenvalue weighted by atomic mass is 16.1. The molecular weight excluding hydrogens is 242 g/mol. The second-order valence-corrected chi connectivity index (χ2v) is 3.90. The van der Waals surface area contributed by atoms with Gasteiger partial charge in [0.25, 0.3) is 5.91 Å². The van der Waals surface area contributed by atoms with Gasteiger partial charge in [0.15, 0.2) is 0 Å². The number of amides is 1. The highest BCUT2D eigenvalue weighted by molar-refractivity contribution is 5.93. The number of aromatic nitrogens is 2. The summed E-state index contributed by atoms with van der Waals surface area (Å²) in [7, 11) is 0. The van der Waals surface area contributed by atoms with Gasteiger partial charge in [0.05, 0.1) is 17.4 Å². The predicted octanol–water partition coefficient (Wildman–Crippen LogP) is 0.901. The van der Waals surface area contributed by atoms with Gasteiger partial charge in [0.2, 0.25) is 0 Å². The number of hydrogen-bond donors (Lipinski definition) is 3. The molecule has 0 fully saturated rings. The zero-order valence-electron chi connectivity index (χ0n) is 10.3. The van der Waals surface area contributed by atoms with E-state index in [1.165, 1.54) is 6.20 Å². The summed E-state index contributed by atoms with van der Waals surface area (Å²) in [6.07, 6.45) is 4.82. The van der Waals surface area contributed by atoms with Crippen molar-refractivity contribution < 1.29 is 4.79 Å². The first-order valence-corrected chi connectivity index (χ1v) is 5.89. The van der Waals surface area contributed by atoms with Crippen molar-refractivity contribution in [3.63, 3.8) is 0 Å². The van der Waals surface area contributed by atoms with E-state index in [-0.39, 0.29) is 5.91 Å². The summed E-state index contributed by atoms with van der Waals surface area (Å²) < 4.78 is 0. The van der Waals surface area contributed by atoms with Gasteiger partial charge in [0, 0.05) is 25.5 Å². The number of nitrogens with zero attached hydrogens (tertiary/aromatic N) is 2. The smallest absolute Gasteiger partial charge is 0.252 e. The normalized spacial score (nSPS) is 9.89. The van der Waals surface area contributed by atoms with Crippen molar-refractivity contribution in [1.29, 1.82) is 0 Å². The molecular formula is C13H15N5O. The molecule has 0 spiro atoms. The van der Waals surface area contributed by atoms with Crippen LogP contribution >= 0.6 is 0 Å². The minimum absolute atomic E-state index is 0.134. The van der Waals surface area contributed by atoms with Crippen LogP contribution in [0.4, 0.5) is 11.5 Å². The van der Waals surface area contributed by atoms with Gasteiger partial charge in [-0.3, -0.25) is 9.78 Å². The SMILES string of the molecule is Nc1ccc(NCCNC(=O)c2cccnc2)cn1. The van der Waals surface area contributed by atoms with E-state index < -0.39 is 0 Å². The van der Waals surface area contributed by atoms with Crippen LogP contribution in [0.2, 0.25) is 0 Å². The topological polar surface area (TPSA) is 92.9 Å². The van der Waals surface area contributed by atoms with Gasteiger partial charge in [-0.15, -0.1) is 0 Å². The largest absolute Gasteiger partial charge is 0.384 e. The van der Waals surface area contributed by atoms with Crippen LogP contribution in [0, 0.1) is 0 Å². The van der Waals surface area contributed by atoms with Gasteiger partial charge in [-0.1, -0.05) is 0 Å². The van der Waals surface area contributed by atoms with E-state index in [1.54, 1.807) is 30.6 Å². The van der Waals surface area contributed by atoms with Gasteiger partial charge in [-0.2, -0.15) is 0 Å². The molecule has 4 N–H and O–H groups in total. The Bertz CT molecular complexity index is 526. The average molecular weight is 257 g/mol. The molecule has 6 heteroatoms. The van der Waals surface area contributed by atoms with Crippen LogP contribution in [0.15, 0.2) is 42.9 Å². The van der Waals surface area contributed by atoms with Crippen LogP contribution in [0.25, 0.3) is 0 Å². The van der Waals surface area contributed by atoms with E-state index >= 15 is 0 Å². The van der Waals surface area contributed by atoms with Crippen molar-refractivity contribution in [2.75, 3.05) is 24.1 Å². The molecule has 19 heavy (non-hydrogen) atoms.